The largest absolute Gasteiger partial charge is 0.497 e. The lowest BCUT2D eigenvalue weighted by molar-refractivity contribution is 0.0622. The number of likely N-dealkylation sites (tertiary alicyclic amines) is 1. The highest BCUT2D eigenvalue weighted by atomic mass is 16.6. The van der Waals surface area contributed by atoms with Gasteiger partial charge in [0.05, 0.1) is 12.5 Å². The average molecular weight is 428 g/mol. The number of allylic oxidation sites excluding steroid dienone is 2. The van der Waals surface area contributed by atoms with E-state index in [4.69, 9.17) is 14.2 Å². The van der Waals surface area contributed by atoms with Crippen LogP contribution in [0.15, 0.2) is 65.9 Å². The maximum atomic E-state index is 6.75. The van der Waals surface area contributed by atoms with Crippen LogP contribution >= 0.6 is 0 Å². The summed E-state index contributed by atoms with van der Waals surface area (Å²) in [5, 5.41) is 0. The number of hydrogen-bond acceptors (Lipinski definition) is 4. The minimum atomic E-state index is -0.111. The van der Waals surface area contributed by atoms with Crippen molar-refractivity contribution < 1.29 is 14.2 Å². The van der Waals surface area contributed by atoms with Crippen LogP contribution in [0.4, 0.5) is 0 Å². The quantitative estimate of drug-likeness (QED) is 0.664. The monoisotopic (exact) mass is 427 g/mol. The van der Waals surface area contributed by atoms with Crippen LogP contribution in [-0.4, -0.2) is 37.2 Å². The van der Waals surface area contributed by atoms with E-state index < -0.39 is 0 Å². The topological polar surface area (TPSA) is 30.9 Å². The molecule has 4 nitrogen and oxygen atoms in total. The Morgan fingerprint density at radius 1 is 1.09 bits per heavy atom. The zero-order chi connectivity index (χ0) is 21.3. The Balaban J connectivity index is 1.31. The van der Waals surface area contributed by atoms with Crippen molar-refractivity contribution in [2.45, 2.75) is 49.9 Å². The van der Waals surface area contributed by atoms with Crippen molar-refractivity contribution in [3.63, 3.8) is 0 Å². The molecule has 0 aromatic heterocycles. The van der Waals surface area contributed by atoms with Crippen LogP contribution in [0.5, 0.6) is 11.5 Å². The molecule has 164 valence electrons. The van der Waals surface area contributed by atoms with Crippen LogP contribution < -0.4 is 9.47 Å². The molecule has 5 aliphatic rings. The van der Waals surface area contributed by atoms with Crippen molar-refractivity contribution in [3.05, 3.63) is 82.6 Å². The number of rotatable bonds is 6. The van der Waals surface area contributed by atoms with Gasteiger partial charge >= 0.3 is 0 Å². The molecule has 2 aromatic rings. The fourth-order valence-electron chi connectivity index (χ4n) is 6.54. The summed E-state index contributed by atoms with van der Waals surface area (Å²) >= 11 is 0. The summed E-state index contributed by atoms with van der Waals surface area (Å²) in [6, 6.07) is 15.2. The molecular formula is C28H29NO3. The van der Waals surface area contributed by atoms with Crippen LogP contribution in [0, 0.1) is 5.92 Å². The fraction of sp³-hybridized carbons (Fsp3) is 0.429. The SMILES string of the molecule is COC1=CC=C2[C@H]3Cc4ccc(OCc5ccccc5)c5c4[C@@]2(CCN3CC2CC2)[C@H]1O5. The Labute approximate surface area is 189 Å². The number of hydrogen-bond donors (Lipinski definition) is 0. The smallest absolute Gasteiger partial charge is 0.169 e. The van der Waals surface area contributed by atoms with Crippen LogP contribution in [0.2, 0.25) is 0 Å². The van der Waals surface area contributed by atoms with Gasteiger partial charge in [-0.05, 0) is 60.4 Å². The number of piperidine rings is 1. The summed E-state index contributed by atoms with van der Waals surface area (Å²) in [5.74, 6) is 3.62. The summed E-state index contributed by atoms with van der Waals surface area (Å²) in [5.41, 5.74) is 5.37. The lowest BCUT2D eigenvalue weighted by atomic mass is 9.57. The van der Waals surface area contributed by atoms with E-state index in [1.165, 1.54) is 36.1 Å². The molecule has 2 aliphatic heterocycles. The number of ether oxygens (including phenoxy) is 3. The Bertz CT molecular complexity index is 1130. The van der Waals surface area contributed by atoms with Crippen molar-refractivity contribution in [2.75, 3.05) is 20.2 Å². The van der Waals surface area contributed by atoms with Gasteiger partial charge in [0.2, 0.25) is 0 Å². The molecule has 0 radical (unpaired) electrons. The van der Waals surface area contributed by atoms with Crippen LogP contribution in [0.25, 0.3) is 0 Å². The molecule has 3 aliphatic carbocycles. The lowest BCUT2D eigenvalue weighted by Crippen LogP contribution is -2.59. The third-order valence-electron chi connectivity index (χ3n) is 8.21. The Morgan fingerprint density at radius 2 is 1.97 bits per heavy atom. The molecule has 0 unspecified atom stereocenters. The van der Waals surface area contributed by atoms with E-state index in [2.05, 4.69) is 53.5 Å². The first-order valence-corrected chi connectivity index (χ1v) is 12.0. The Hall–Kier alpha value is -2.72. The van der Waals surface area contributed by atoms with Gasteiger partial charge in [-0.15, -0.1) is 0 Å². The lowest BCUT2D eigenvalue weighted by Gasteiger charge is -2.53. The predicted molar refractivity (Wildman–Crippen MR) is 123 cm³/mol. The second-order valence-corrected chi connectivity index (χ2v) is 9.97. The van der Waals surface area contributed by atoms with E-state index in [0.29, 0.717) is 12.6 Å². The van der Waals surface area contributed by atoms with Crippen LogP contribution in [0.3, 0.4) is 0 Å². The van der Waals surface area contributed by atoms with Gasteiger partial charge in [0.15, 0.2) is 17.6 Å². The molecule has 32 heavy (non-hydrogen) atoms. The Kier molecular flexibility index (Phi) is 4.05. The van der Waals surface area contributed by atoms with E-state index in [-0.39, 0.29) is 11.5 Å². The van der Waals surface area contributed by atoms with Crippen molar-refractivity contribution >= 4 is 0 Å². The van der Waals surface area contributed by atoms with Gasteiger partial charge in [-0.25, -0.2) is 0 Å². The molecule has 2 fully saturated rings. The molecule has 2 aromatic carbocycles. The molecule has 2 bridgehead atoms. The summed E-state index contributed by atoms with van der Waals surface area (Å²) in [7, 11) is 1.77. The summed E-state index contributed by atoms with van der Waals surface area (Å²) in [4.78, 5) is 2.75. The third-order valence-corrected chi connectivity index (χ3v) is 8.21. The van der Waals surface area contributed by atoms with E-state index in [1.807, 2.05) is 6.07 Å². The molecule has 2 heterocycles. The molecule has 0 N–H and O–H groups in total. The minimum Gasteiger partial charge on any atom is -0.497 e. The van der Waals surface area contributed by atoms with Gasteiger partial charge in [-0.3, -0.25) is 4.90 Å². The first-order valence-electron chi connectivity index (χ1n) is 12.0. The van der Waals surface area contributed by atoms with E-state index in [1.54, 1.807) is 7.11 Å². The fourth-order valence-corrected chi connectivity index (χ4v) is 6.54. The van der Waals surface area contributed by atoms with Gasteiger partial charge in [0, 0.05) is 24.7 Å². The molecule has 1 saturated heterocycles. The molecular weight excluding hydrogens is 398 g/mol. The highest BCUT2D eigenvalue weighted by molar-refractivity contribution is 5.67. The van der Waals surface area contributed by atoms with Crippen molar-refractivity contribution in [1.29, 1.82) is 0 Å². The Morgan fingerprint density at radius 3 is 2.78 bits per heavy atom. The summed E-state index contributed by atoms with van der Waals surface area (Å²) in [6.07, 6.45) is 9.34. The van der Waals surface area contributed by atoms with Crippen molar-refractivity contribution in [1.82, 2.24) is 4.90 Å². The van der Waals surface area contributed by atoms with Gasteiger partial charge in [-0.1, -0.05) is 42.5 Å². The number of methoxy groups -OCH3 is 1. The van der Waals surface area contributed by atoms with E-state index >= 15 is 0 Å². The number of nitrogens with zero attached hydrogens (tertiary/aromatic N) is 1. The molecule has 4 heteroatoms. The predicted octanol–water partition coefficient (Wildman–Crippen LogP) is 4.78. The molecule has 7 rings (SSSR count). The standard InChI is InChI=1S/C28H29NO3/c1-30-24-12-10-21-22-15-20-9-11-23(31-17-19-5-3-2-4-6-19)26-25(20)28(21,27(24)32-26)13-14-29(22)16-18-7-8-18/h2-6,9-12,18,22,27H,7-8,13-17H2,1H3/t22-,27+,28+/m1/s1. The maximum Gasteiger partial charge on any atom is 0.169 e. The molecule has 1 spiro atoms. The molecule has 0 amide bonds. The van der Waals surface area contributed by atoms with Crippen LogP contribution in [0.1, 0.15) is 36.0 Å². The first-order chi connectivity index (χ1) is 15.8. The third kappa shape index (κ3) is 2.59. The van der Waals surface area contributed by atoms with Gasteiger partial charge in [0.25, 0.3) is 0 Å². The van der Waals surface area contributed by atoms with Gasteiger partial charge in [0.1, 0.15) is 12.4 Å². The second-order valence-electron chi connectivity index (χ2n) is 9.97. The van der Waals surface area contributed by atoms with Gasteiger partial charge in [-0.2, -0.15) is 0 Å². The minimum absolute atomic E-state index is 0.0893. The van der Waals surface area contributed by atoms with Crippen molar-refractivity contribution in [3.8, 4) is 11.5 Å². The zero-order valence-electron chi connectivity index (χ0n) is 18.5. The zero-order valence-corrected chi connectivity index (χ0v) is 18.5. The second kappa shape index (κ2) is 6.89. The van der Waals surface area contributed by atoms with Crippen molar-refractivity contribution in [2.24, 2.45) is 5.92 Å². The first kappa shape index (κ1) is 18.8. The normalized spacial score (nSPS) is 29.5. The summed E-state index contributed by atoms with van der Waals surface area (Å²) < 4.78 is 18.9. The molecule has 1 saturated carbocycles. The maximum absolute atomic E-state index is 6.75. The number of benzene rings is 2. The van der Waals surface area contributed by atoms with Crippen LogP contribution in [-0.2, 0) is 23.2 Å². The highest BCUT2D eigenvalue weighted by Crippen LogP contribution is 2.62. The molecule has 3 atom stereocenters. The summed E-state index contributed by atoms with van der Waals surface area (Å²) in [6.45, 7) is 2.91. The van der Waals surface area contributed by atoms with E-state index in [0.717, 1.165) is 48.1 Å². The average Bonchev–Trinajstić information content (AvgIpc) is 3.58. The van der Waals surface area contributed by atoms with Gasteiger partial charge < -0.3 is 14.2 Å². The highest BCUT2D eigenvalue weighted by Gasteiger charge is 2.62. The van der Waals surface area contributed by atoms with E-state index in [9.17, 15) is 0 Å².